The van der Waals surface area contributed by atoms with Gasteiger partial charge in [0.25, 0.3) is 0 Å². The van der Waals surface area contributed by atoms with E-state index in [0.29, 0.717) is 11.3 Å². The molecule has 0 nitrogen and oxygen atoms in total. The standard InChI is InChI=1S/C18H25.C13H9.C7H5F.Zr/c1-12-3-13(2)17(4-12)11-18-8-14-5-15(9-18)7-16(6-14)10-18;1-3-7-12-10(5-1)9-11-6-2-4-8-13(11)12;1-6-2-4-7(8)5-3-6;/h4,12,14-16H,5-11H2,1-2H3;1-5,7-8H,9H2;1-5H;/q2*-1;;+2. The van der Waals surface area contributed by atoms with Crippen molar-refractivity contribution in [3.8, 4) is 11.1 Å². The number of benzene rings is 3. The molecule has 0 amide bonds. The van der Waals surface area contributed by atoms with Crippen LogP contribution in [-0.2, 0) is 30.7 Å². The Morgan fingerprint density at radius 3 is 2.17 bits per heavy atom. The van der Waals surface area contributed by atoms with E-state index in [2.05, 4.69) is 68.5 Å². The quantitative estimate of drug-likeness (QED) is 0.204. The van der Waals surface area contributed by atoms with E-state index in [1.54, 1.807) is 56.2 Å². The Morgan fingerprint density at radius 2 is 1.55 bits per heavy atom. The van der Waals surface area contributed by atoms with Crippen molar-refractivity contribution >= 4 is 3.71 Å². The molecule has 40 heavy (non-hydrogen) atoms. The van der Waals surface area contributed by atoms with Crippen LogP contribution in [0.2, 0.25) is 0 Å². The Labute approximate surface area is 255 Å². The summed E-state index contributed by atoms with van der Waals surface area (Å²) in [6.45, 7) is 4.55. The van der Waals surface area contributed by atoms with Crippen LogP contribution >= 0.6 is 0 Å². The number of hydrogen-bond donors (Lipinski definition) is 0. The van der Waals surface area contributed by atoms with Crippen LogP contribution in [0.5, 0.6) is 0 Å². The fourth-order valence-corrected chi connectivity index (χ4v) is 9.03. The Hall–Kier alpha value is -2.18. The molecule has 1 unspecified atom stereocenters. The number of allylic oxidation sites excluding steroid dienone is 4. The van der Waals surface area contributed by atoms with E-state index >= 15 is 0 Å². The molecule has 202 valence electrons. The zero-order valence-electron chi connectivity index (χ0n) is 23.8. The van der Waals surface area contributed by atoms with Gasteiger partial charge in [-0.05, 0) is 68.1 Å². The van der Waals surface area contributed by atoms with Gasteiger partial charge in [0.1, 0.15) is 0 Å². The fourth-order valence-electron chi connectivity index (χ4n) is 8.56. The molecule has 4 fully saturated rings. The number of halogens is 1. The van der Waals surface area contributed by atoms with E-state index in [0.717, 1.165) is 29.7 Å². The zero-order chi connectivity index (χ0) is 27.7. The first-order valence-corrected chi connectivity index (χ1v) is 16.5. The molecule has 0 spiro atoms. The molecule has 0 aromatic heterocycles. The third kappa shape index (κ3) is 6.18. The summed E-state index contributed by atoms with van der Waals surface area (Å²) in [6, 6.07) is 24.6. The molecule has 6 aliphatic carbocycles. The van der Waals surface area contributed by atoms with Gasteiger partial charge in [0.2, 0.25) is 0 Å². The van der Waals surface area contributed by atoms with Crippen molar-refractivity contribution in [3.05, 3.63) is 119 Å². The first-order valence-electron chi connectivity index (χ1n) is 15.0. The van der Waals surface area contributed by atoms with E-state index in [-0.39, 0.29) is 5.82 Å². The second-order valence-electron chi connectivity index (χ2n) is 12.9. The molecule has 0 radical (unpaired) electrons. The van der Waals surface area contributed by atoms with Crippen LogP contribution in [0.4, 0.5) is 4.39 Å². The molecule has 1 atom stereocenters. The van der Waals surface area contributed by atoms with Crippen LogP contribution < -0.4 is 0 Å². The molecule has 3 aromatic rings. The molecule has 3 aromatic carbocycles. The summed E-state index contributed by atoms with van der Waals surface area (Å²) in [6.07, 6.45) is 17.8. The average molecular weight is 606 g/mol. The van der Waals surface area contributed by atoms with Gasteiger partial charge >= 0.3 is 68.0 Å². The third-order valence-corrected chi connectivity index (χ3v) is 10.6. The van der Waals surface area contributed by atoms with Crippen LogP contribution in [-0.4, -0.2) is 3.71 Å². The summed E-state index contributed by atoms with van der Waals surface area (Å²) in [5.74, 6) is 3.65. The maximum absolute atomic E-state index is 12.2. The van der Waals surface area contributed by atoms with E-state index < -0.39 is 0 Å². The Kier molecular flexibility index (Phi) is 8.37. The minimum atomic E-state index is -0.170. The van der Waals surface area contributed by atoms with Gasteiger partial charge in [-0.25, -0.2) is 5.57 Å². The number of hydrogen-bond acceptors (Lipinski definition) is 0. The van der Waals surface area contributed by atoms with E-state index in [1.165, 1.54) is 70.6 Å². The van der Waals surface area contributed by atoms with Crippen molar-refractivity contribution < 1.29 is 28.6 Å². The average Bonchev–Trinajstić information content (AvgIpc) is 3.47. The smallest absolute Gasteiger partial charge is 0.0253 e. The van der Waals surface area contributed by atoms with Crippen molar-refractivity contribution in [1.29, 1.82) is 0 Å². The first kappa shape index (κ1) is 28.0. The van der Waals surface area contributed by atoms with Gasteiger partial charge in [0.05, 0.1) is 0 Å². The molecule has 2 heteroatoms. The Bertz CT molecular complexity index is 1350. The molecule has 4 bridgehead atoms. The molecule has 0 N–H and O–H groups in total. The van der Waals surface area contributed by atoms with Crippen LogP contribution in [0.15, 0.2) is 84.0 Å². The number of rotatable bonds is 3. The normalized spacial score (nSPS) is 28.3. The number of fused-ring (bicyclic) bond motifs is 3. The third-order valence-electron chi connectivity index (χ3n) is 9.76. The van der Waals surface area contributed by atoms with E-state index in [1.807, 2.05) is 9.78 Å². The maximum atomic E-state index is 12.2. The minimum Gasteiger partial charge on any atom is -0.179 e. The van der Waals surface area contributed by atoms with Crippen LogP contribution in [0.25, 0.3) is 11.1 Å². The van der Waals surface area contributed by atoms with Crippen molar-refractivity contribution in [2.75, 3.05) is 0 Å². The van der Waals surface area contributed by atoms with Crippen molar-refractivity contribution in [2.24, 2.45) is 29.1 Å². The second kappa shape index (κ2) is 12.0. The molecule has 6 aliphatic rings. The van der Waals surface area contributed by atoms with Gasteiger partial charge in [-0.3, -0.25) is 6.08 Å². The van der Waals surface area contributed by atoms with Crippen LogP contribution in [0.3, 0.4) is 0 Å². The topological polar surface area (TPSA) is 0 Å². The molecular formula is C38H39FZr. The van der Waals surface area contributed by atoms with Gasteiger partial charge < -0.3 is 0 Å². The molecule has 9 rings (SSSR count). The largest absolute Gasteiger partial charge is 0.179 e. The van der Waals surface area contributed by atoms with Gasteiger partial charge in [0, 0.05) is 0 Å². The predicted molar refractivity (Wildman–Crippen MR) is 160 cm³/mol. The summed E-state index contributed by atoms with van der Waals surface area (Å²) in [7, 11) is 0. The van der Waals surface area contributed by atoms with Gasteiger partial charge in [-0.15, -0.1) is 5.56 Å². The SMILES string of the molecule is CC1=[C-]C(C)C=C1CC12CC3CC(CC(C3)C1)C2.Fc1ccc([CH]=[Zr+2])cc1.[c-]1cccc2c1Cc1ccccc1-2. The van der Waals surface area contributed by atoms with Crippen molar-refractivity contribution in [2.45, 2.75) is 65.2 Å². The maximum Gasteiger partial charge on any atom is -0.0253 e. The predicted octanol–water partition coefficient (Wildman–Crippen LogP) is 9.50. The summed E-state index contributed by atoms with van der Waals surface area (Å²) in [5, 5.41) is 0. The minimum absolute atomic E-state index is 0.170. The van der Waals surface area contributed by atoms with Gasteiger partial charge in [-0.2, -0.15) is 41.5 Å². The van der Waals surface area contributed by atoms with Gasteiger partial charge in [0.15, 0.2) is 0 Å². The van der Waals surface area contributed by atoms with Crippen LogP contribution in [0, 0.1) is 47.0 Å². The van der Waals surface area contributed by atoms with Crippen LogP contribution in [0.1, 0.15) is 75.5 Å². The molecule has 0 saturated heterocycles. The fraction of sp³-hybridized carbons (Fsp3) is 0.395. The first-order chi connectivity index (χ1) is 19.4. The summed E-state index contributed by atoms with van der Waals surface area (Å²) >= 11 is 1.34. The van der Waals surface area contributed by atoms with E-state index in [9.17, 15) is 4.39 Å². The van der Waals surface area contributed by atoms with Gasteiger partial charge in [-0.1, -0.05) is 61.6 Å². The molecule has 0 aliphatic heterocycles. The Balaban J connectivity index is 0.000000116. The zero-order valence-corrected chi connectivity index (χ0v) is 26.3. The van der Waals surface area contributed by atoms with Crippen molar-refractivity contribution in [3.63, 3.8) is 0 Å². The molecule has 0 heterocycles. The molecular weight excluding hydrogens is 567 g/mol. The summed E-state index contributed by atoms with van der Waals surface area (Å²) in [4.78, 5) is 0. The van der Waals surface area contributed by atoms with Crippen molar-refractivity contribution in [1.82, 2.24) is 0 Å². The molecule has 4 saturated carbocycles. The Morgan fingerprint density at radius 1 is 0.900 bits per heavy atom. The summed E-state index contributed by atoms with van der Waals surface area (Å²) < 4.78 is 14.2. The van der Waals surface area contributed by atoms with E-state index in [4.69, 9.17) is 0 Å². The monoisotopic (exact) mass is 604 g/mol. The second-order valence-corrected chi connectivity index (χ2v) is 13.6. The summed E-state index contributed by atoms with van der Waals surface area (Å²) in [5.41, 5.74) is 10.4.